The van der Waals surface area contributed by atoms with Crippen LogP contribution >= 0.6 is 0 Å². The maximum Gasteiger partial charge on any atom is 0.417 e. The second-order valence-corrected chi connectivity index (χ2v) is 7.20. The average Bonchev–Trinajstić information content (AvgIpc) is 2.81. The summed E-state index contributed by atoms with van der Waals surface area (Å²) in [7, 11) is 0. The van der Waals surface area contributed by atoms with Crippen LogP contribution in [0, 0.1) is 18.3 Å². The molecule has 3 rings (SSSR count). The van der Waals surface area contributed by atoms with Crippen LogP contribution in [0.4, 0.5) is 35.0 Å². The summed E-state index contributed by atoms with van der Waals surface area (Å²) in [4.78, 5) is 27.9. The lowest BCUT2D eigenvalue weighted by molar-refractivity contribution is -0.137. The first kappa shape index (κ1) is 20.2. The van der Waals surface area contributed by atoms with Crippen LogP contribution in [-0.4, -0.2) is 17.5 Å². The lowest BCUT2D eigenvalue weighted by Crippen LogP contribution is -2.44. The predicted octanol–water partition coefficient (Wildman–Crippen LogP) is 4.22. The molecule has 2 N–H and O–H groups in total. The van der Waals surface area contributed by atoms with E-state index in [2.05, 4.69) is 0 Å². The van der Waals surface area contributed by atoms with Crippen molar-refractivity contribution in [2.24, 2.45) is 0 Å². The Morgan fingerprint density at radius 2 is 1.69 bits per heavy atom. The third-order valence-corrected chi connectivity index (χ3v) is 4.88. The fourth-order valence-electron chi connectivity index (χ4n) is 3.23. The molecule has 1 saturated heterocycles. The molecule has 0 aromatic heterocycles. The number of nitrogens with two attached hydrogens (primary N) is 1. The lowest BCUT2D eigenvalue weighted by Gasteiger charge is -2.28. The molecule has 0 spiro atoms. The van der Waals surface area contributed by atoms with Crippen molar-refractivity contribution in [2.75, 3.05) is 15.5 Å². The molecule has 150 valence electrons. The van der Waals surface area contributed by atoms with Gasteiger partial charge in [0.25, 0.3) is 5.91 Å². The number of anilines is 3. The van der Waals surface area contributed by atoms with Gasteiger partial charge in [0, 0.05) is 11.4 Å². The zero-order valence-electron chi connectivity index (χ0n) is 15.8. The first-order valence-corrected chi connectivity index (χ1v) is 8.56. The minimum absolute atomic E-state index is 0.262. The molecule has 6 nitrogen and oxygen atoms in total. The van der Waals surface area contributed by atoms with Gasteiger partial charge in [0.15, 0.2) is 0 Å². The van der Waals surface area contributed by atoms with Crippen molar-refractivity contribution in [3.8, 4) is 6.07 Å². The van der Waals surface area contributed by atoms with Crippen molar-refractivity contribution in [3.63, 3.8) is 0 Å². The van der Waals surface area contributed by atoms with Crippen LogP contribution in [-0.2, 0) is 11.0 Å². The summed E-state index contributed by atoms with van der Waals surface area (Å²) >= 11 is 0. The Morgan fingerprint density at radius 1 is 1.07 bits per heavy atom. The first-order chi connectivity index (χ1) is 13.4. The zero-order valence-corrected chi connectivity index (χ0v) is 15.8. The van der Waals surface area contributed by atoms with Crippen molar-refractivity contribution in [3.05, 3.63) is 53.1 Å². The number of hydrogen-bond acceptors (Lipinski definition) is 4. The Hall–Kier alpha value is -3.54. The molecule has 1 heterocycles. The van der Waals surface area contributed by atoms with Gasteiger partial charge in [-0.25, -0.2) is 9.69 Å². The molecule has 1 fully saturated rings. The van der Waals surface area contributed by atoms with Gasteiger partial charge in [-0.1, -0.05) is 6.07 Å². The number of urea groups is 1. The van der Waals surface area contributed by atoms with E-state index in [1.165, 1.54) is 30.9 Å². The summed E-state index contributed by atoms with van der Waals surface area (Å²) in [5, 5.41) is 8.95. The van der Waals surface area contributed by atoms with Crippen molar-refractivity contribution in [1.82, 2.24) is 0 Å². The standard InChI is InChI=1S/C20H17F3N4O2/c1-11-4-6-14(9-16(11)25)27-18(29)26(17(28)19(27,2)3)13-7-5-12(10-24)15(8-13)20(21,22)23/h4-9H,25H2,1-3H3. The van der Waals surface area contributed by atoms with Crippen LogP contribution in [0.1, 0.15) is 30.5 Å². The van der Waals surface area contributed by atoms with E-state index in [4.69, 9.17) is 11.0 Å². The van der Waals surface area contributed by atoms with Crippen molar-refractivity contribution < 1.29 is 22.8 Å². The van der Waals surface area contributed by atoms with E-state index in [-0.39, 0.29) is 5.69 Å². The molecule has 0 atom stereocenters. The molecular formula is C20H17F3N4O2. The zero-order chi connectivity index (χ0) is 21.7. The molecule has 0 bridgehead atoms. The fraction of sp³-hybridized carbons (Fsp3) is 0.250. The molecule has 1 aliphatic rings. The number of halogens is 3. The number of aryl methyl sites for hydroxylation is 1. The Balaban J connectivity index is 2.13. The van der Waals surface area contributed by atoms with Crippen LogP contribution in [0.25, 0.3) is 0 Å². The highest BCUT2D eigenvalue weighted by Gasteiger charge is 2.53. The number of amides is 3. The smallest absolute Gasteiger partial charge is 0.398 e. The van der Waals surface area contributed by atoms with Crippen LogP contribution < -0.4 is 15.5 Å². The minimum atomic E-state index is -4.81. The Kier molecular flexibility index (Phi) is 4.54. The molecule has 0 radical (unpaired) electrons. The number of imide groups is 1. The van der Waals surface area contributed by atoms with Crippen LogP contribution in [0.2, 0.25) is 0 Å². The minimum Gasteiger partial charge on any atom is -0.398 e. The topological polar surface area (TPSA) is 90.4 Å². The molecule has 0 aliphatic carbocycles. The quantitative estimate of drug-likeness (QED) is 0.602. The van der Waals surface area contributed by atoms with Gasteiger partial charge >= 0.3 is 12.2 Å². The van der Waals surface area contributed by atoms with Gasteiger partial charge in [0.05, 0.1) is 22.9 Å². The highest BCUT2D eigenvalue weighted by atomic mass is 19.4. The number of hydrogen-bond donors (Lipinski definition) is 1. The number of carbonyl (C=O) groups is 2. The molecular weight excluding hydrogens is 385 g/mol. The number of nitrogen functional groups attached to an aromatic ring is 1. The monoisotopic (exact) mass is 402 g/mol. The lowest BCUT2D eigenvalue weighted by atomic mass is 10.0. The molecule has 29 heavy (non-hydrogen) atoms. The van der Waals surface area contributed by atoms with Gasteiger partial charge < -0.3 is 5.73 Å². The first-order valence-electron chi connectivity index (χ1n) is 8.56. The van der Waals surface area contributed by atoms with Gasteiger partial charge in [0.1, 0.15) is 5.54 Å². The highest BCUT2D eigenvalue weighted by molar-refractivity contribution is 6.30. The van der Waals surface area contributed by atoms with Gasteiger partial charge in [-0.2, -0.15) is 18.4 Å². The summed E-state index contributed by atoms with van der Waals surface area (Å²) in [6.45, 7) is 4.78. The summed E-state index contributed by atoms with van der Waals surface area (Å²) in [6.07, 6.45) is -4.81. The summed E-state index contributed by atoms with van der Waals surface area (Å²) in [5.41, 5.74) is 4.03. The summed E-state index contributed by atoms with van der Waals surface area (Å²) < 4.78 is 39.9. The molecule has 9 heteroatoms. The molecule has 3 amide bonds. The van der Waals surface area contributed by atoms with Crippen molar-refractivity contribution in [1.29, 1.82) is 5.26 Å². The van der Waals surface area contributed by atoms with Crippen molar-refractivity contribution in [2.45, 2.75) is 32.5 Å². The van der Waals surface area contributed by atoms with E-state index in [1.54, 1.807) is 19.1 Å². The Bertz CT molecular complexity index is 1070. The normalized spacial score (nSPS) is 16.3. The van der Waals surface area contributed by atoms with Gasteiger partial charge in [-0.3, -0.25) is 9.69 Å². The number of carbonyl (C=O) groups excluding carboxylic acids is 2. The number of nitrogens with zero attached hydrogens (tertiary/aromatic N) is 3. The molecule has 2 aromatic carbocycles. The van der Waals surface area contributed by atoms with Crippen LogP contribution in [0.15, 0.2) is 36.4 Å². The predicted molar refractivity (Wildman–Crippen MR) is 101 cm³/mol. The summed E-state index contributed by atoms with van der Waals surface area (Å²) in [6, 6.07) is 8.22. The van der Waals surface area contributed by atoms with Gasteiger partial charge in [-0.15, -0.1) is 0 Å². The van der Waals surface area contributed by atoms with E-state index in [0.29, 0.717) is 22.3 Å². The molecule has 1 aliphatic heterocycles. The van der Waals surface area contributed by atoms with E-state index < -0.39 is 34.8 Å². The third-order valence-electron chi connectivity index (χ3n) is 4.88. The highest BCUT2D eigenvalue weighted by Crippen LogP contribution is 2.39. The van der Waals surface area contributed by atoms with Gasteiger partial charge in [0.2, 0.25) is 0 Å². The van der Waals surface area contributed by atoms with Crippen molar-refractivity contribution >= 4 is 29.0 Å². The third kappa shape index (κ3) is 3.16. The number of rotatable bonds is 2. The number of nitriles is 1. The van der Waals surface area contributed by atoms with Crippen LogP contribution in [0.5, 0.6) is 0 Å². The SMILES string of the molecule is Cc1ccc(N2C(=O)N(c3ccc(C#N)c(C(F)(F)F)c3)C(=O)C2(C)C)cc1N. The fourth-order valence-corrected chi connectivity index (χ4v) is 3.23. The molecule has 2 aromatic rings. The van der Waals surface area contributed by atoms with E-state index >= 15 is 0 Å². The number of alkyl halides is 3. The van der Waals surface area contributed by atoms with E-state index in [9.17, 15) is 22.8 Å². The maximum absolute atomic E-state index is 13.3. The van der Waals surface area contributed by atoms with E-state index in [1.807, 2.05) is 0 Å². The average molecular weight is 402 g/mol. The Morgan fingerprint density at radius 3 is 2.24 bits per heavy atom. The number of benzene rings is 2. The molecule has 0 saturated carbocycles. The summed E-state index contributed by atoms with van der Waals surface area (Å²) in [5.74, 6) is -0.695. The van der Waals surface area contributed by atoms with E-state index in [0.717, 1.165) is 17.7 Å². The maximum atomic E-state index is 13.3. The second-order valence-electron chi connectivity index (χ2n) is 7.20. The van der Waals surface area contributed by atoms with Crippen LogP contribution in [0.3, 0.4) is 0 Å². The van der Waals surface area contributed by atoms with Gasteiger partial charge in [-0.05, 0) is 56.7 Å². The molecule has 0 unspecified atom stereocenters. The Labute approximate surface area is 164 Å². The largest absolute Gasteiger partial charge is 0.417 e. The second kappa shape index (κ2) is 6.51.